The molecule has 2 aliphatic rings. The zero-order valence-corrected chi connectivity index (χ0v) is 17.7. The Morgan fingerprint density at radius 3 is 2.23 bits per heavy atom. The van der Waals surface area contributed by atoms with Gasteiger partial charge in [0.15, 0.2) is 0 Å². The standard InChI is InChI=1S/C23H31N7/c1-28-10-12-29(13-11-28)18-6-8-19(9-7-18)30-14-20(16-2-4-17(24)5-3-16)21-22(25)26-15-27-23(21)30/h2-5,14-15,18-19H,6-13,24H2,1H3,(H2,25,26,27)/t18-,19-. The van der Waals surface area contributed by atoms with E-state index in [4.69, 9.17) is 11.5 Å². The van der Waals surface area contributed by atoms with Crippen molar-refractivity contribution in [3.05, 3.63) is 36.8 Å². The Labute approximate surface area is 177 Å². The highest BCUT2D eigenvalue weighted by molar-refractivity contribution is 6.00. The third kappa shape index (κ3) is 3.52. The Balaban J connectivity index is 1.41. The van der Waals surface area contributed by atoms with Gasteiger partial charge in [0, 0.05) is 55.7 Å². The van der Waals surface area contributed by atoms with Gasteiger partial charge in [0.05, 0.1) is 5.39 Å². The Morgan fingerprint density at radius 1 is 0.867 bits per heavy atom. The van der Waals surface area contributed by atoms with Crippen LogP contribution in [-0.2, 0) is 0 Å². The number of hydrogen-bond acceptors (Lipinski definition) is 6. The molecule has 1 aliphatic heterocycles. The molecular formula is C23H31N7. The molecule has 30 heavy (non-hydrogen) atoms. The number of fused-ring (bicyclic) bond motifs is 1. The third-order valence-corrected chi connectivity index (χ3v) is 6.97. The molecule has 2 fully saturated rings. The molecule has 5 rings (SSSR count). The van der Waals surface area contributed by atoms with E-state index in [0.717, 1.165) is 27.8 Å². The summed E-state index contributed by atoms with van der Waals surface area (Å²) in [7, 11) is 2.22. The van der Waals surface area contributed by atoms with Crippen molar-refractivity contribution in [2.45, 2.75) is 37.8 Å². The molecular weight excluding hydrogens is 374 g/mol. The van der Waals surface area contributed by atoms with Crippen molar-refractivity contribution in [2.75, 3.05) is 44.7 Å². The molecule has 1 saturated carbocycles. The van der Waals surface area contributed by atoms with Gasteiger partial charge in [-0.2, -0.15) is 0 Å². The van der Waals surface area contributed by atoms with Crippen LogP contribution in [0.2, 0.25) is 0 Å². The highest BCUT2D eigenvalue weighted by atomic mass is 15.3. The van der Waals surface area contributed by atoms with Crippen LogP contribution in [0.3, 0.4) is 0 Å². The second-order valence-corrected chi connectivity index (χ2v) is 8.83. The van der Waals surface area contributed by atoms with Gasteiger partial charge in [-0.3, -0.25) is 4.90 Å². The Morgan fingerprint density at radius 2 is 1.53 bits per heavy atom. The quantitative estimate of drug-likeness (QED) is 0.651. The molecule has 7 nitrogen and oxygen atoms in total. The van der Waals surface area contributed by atoms with Crippen molar-refractivity contribution >= 4 is 22.5 Å². The Kier molecular flexibility index (Phi) is 5.08. The number of anilines is 2. The summed E-state index contributed by atoms with van der Waals surface area (Å²) in [6.45, 7) is 4.76. The highest BCUT2D eigenvalue weighted by Gasteiger charge is 2.29. The van der Waals surface area contributed by atoms with Crippen molar-refractivity contribution in [1.82, 2.24) is 24.3 Å². The SMILES string of the molecule is CN1CCN([C@H]2CC[C@H](n3cc(-c4ccc(N)cc4)c4c(N)ncnc43)CC2)CC1. The molecule has 3 aromatic rings. The third-order valence-electron chi connectivity index (χ3n) is 6.97. The van der Waals surface area contributed by atoms with Crippen LogP contribution in [0.5, 0.6) is 0 Å². The predicted molar refractivity (Wildman–Crippen MR) is 122 cm³/mol. The predicted octanol–water partition coefficient (Wildman–Crippen LogP) is 2.99. The zero-order valence-electron chi connectivity index (χ0n) is 17.7. The fourth-order valence-corrected chi connectivity index (χ4v) is 5.16. The lowest BCUT2D eigenvalue weighted by Gasteiger charge is -2.41. The first-order valence-corrected chi connectivity index (χ1v) is 11.0. The molecule has 4 N–H and O–H groups in total. The van der Waals surface area contributed by atoms with Crippen LogP contribution in [0.4, 0.5) is 11.5 Å². The Hall–Kier alpha value is -2.64. The summed E-state index contributed by atoms with van der Waals surface area (Å²) in [5, 5.41) is 0.948. The first kappa shape index (κ1) is 19.3. The lowest BCUT2D eigenvalue weighted by atomic mass is 9.89. The van der Waals surface area contributed by atoms with E-state index in [0.29, 0.717) is 17.9 Å². The van der Waals surface area contributed by atoms with E-state index in [1.807, 2.05) is 24.3 Å². The lowest BCUT2D eigenvalue weighted by Crippen LogP contribution is -2.49. The van der Waals surface area contributed by atoms with Gasteiger partial charge in [-0.1, -0.05) is 12.1 Å². The topological polar surface area (TPSA) is 89.2 Å². The van der Waals surface area contributed by atoms with Gasteiger partial charge in [-0.25, -0.2) is 9.97 Å². The number of piperazine rings is 1. The molecule has 1 aliphatic carbocycles. The summed E-state index contributed by atoms with van der Waals surface area (Å²) in [4.78, 5) is 14.0. The number of nitrogen functional groups attached to an aromatic ring is 2. The molecule has 3 heterocycles. The summed E-state index contributed by atoms with van der Waals surface area (Å²) >= 11 is 0. The maximum atomic E-state index is 6.30. The fourth-order valence-electron chi connectivity index (χ4n) is 5.16. The average Bonchev–Trinajstić information content (AvgIpc) is 3.16. The zero-order chi connectivity index (χ0) is 20.7. The van der Waals surface area contributed by atoms with Crippen LogP contribution in [0.25, 0.3) is 22.2 Å². The molecule has 2 aromatic heterocycles. The normalized spacial score (nSPS) is 23.8. The molecule has 0 atom stereocenters. The summed E-state index contributed by atoms with van der Waals surface area (Å²) in [5.74, 6) is 0.539. The number of nitrogens with two attached hydrogens (primary N) is 2. The average molecular weight is 406 g/mol. The van der Waals surface area contributed by atoms with E-state index in [1.165, 1.54) is 51.9 Å². The van der Waals surface area contributed by atoms with Gasteiger partial charge in [0.2, 0.25) is 0 Å². The fraction of sp³-hybridized carbons (Fsp3) is 0.478. The van der Waals surface area contributed by atoms with Crippen molar-refractivity contribution < 1.29 is 0 Å². The van der Waals surface area contributed by atoms with Gasteiger partial charge in [0.1, 0.15) is 17.8 Å². The number of hydrogen-bond donors (Lipinski definition) is 2. The number of rotatable bonds is 3. The van der Waals surface area contributed by atoms with Crippen LogP contribution in [-0.4, -0.2) is 63.6 Å². The van der Waals surface area contributed by atoms with E-state index in [9.17, 15) is 0 Å². The van der Waals surface area contributed by atoms with Crippen LogP contribution < -0.4 is 11.5 Å². The summed E-state index contributed by atoms with van der Waals surface area (Å²) in [6.07, 6.45) is 8.63. The summed E-state index contributed by atoms with van der Waals surface area (Å²) < 4.78 is 2.35. The smallest absolute Gasteiger partial charge is 0.146 e. The van der Waals surface area contributed by atoms with Gasteiger partial charge in [0.25, 0.3) is 0 Å². The number of benzene rings is 1. The van der Waals surface area contributed by atoms with E-state index in [1.54, 1.807) is 6.33 Å². The molecule has 1 saturated heterocycles. The van der Waals surface area contributed by atoms with E-state index >= 15 is 0 Å². The van der Waals surface area contributed by atoms with Crippen molar-refractivity contribution in [3.63, 3.8) is 0 Å². The molecule has 7 heteroatoms. The van der Waals surface area contributed by atoms with Gasteiger partial charge in [-0.15, -0.1) is 0 Å². The van der Waals surface area contributed by atoms with Gasteiger partial charge in [-0.05, 0) is 50.4 Å². The summed E-state index contributed by atoms with van der Waals surface area (Å²) in [6, 6.07) is 9.12. The van der Waals surface area contributed by atoms with Crippen LogP contribution >= 0.6 is 0 Å². The van der Waals surface area contributed by atoms with E-state index in [2.05, 4.69) is 37.6 Å². The number of likely N-dealkylation sites (N-methyl/N-ethyl adjacent to an activating group) is 1. The van der Waals surface area contributed by atoms with Crippen molar-refractivity contribution in [2.24, 2.45) is 0 Å². The minimum absolute atomic E-state index is 0.452. The van der Waals surface area contributed by atoms with E-state index < -0.39 is 0 Å². The molecule has 0 radical (unpaired) electrons. The van der Waals surface area contributed by atoms with Crippen molar-refractivity contribution in [3.8, 4) is 11.1 Å². The molecule has 1 aromatic carbocycles. The highest BCUT2D eigenvalue weighted by Crippen LogP contribution is 2.39. The minimum Gasteiger partial charge on any atom is -0.399 e. The number of aromatic nitrogens is 3. The molecule has 0 spiro atoms. The molecule has 0 unspecified atom stereocenters. The van der Waals surface area contributed by atoms with Crippen LogP contribution in [0.1, 0.15) is 31.7 Å². The van der Waals surface area contributed by atoms with Gasteiger partial charge >= 0.3 is 0 Å². The number of nitrogens with zero attached hydrogens (tertiary/aromatic N) is 5. The van der Waals surface area contributed by atoms with Crippen LogP contribution in [0, 0.1) is 0 Å². The second-order valence-electron chi connectivity index (χ2n) is 8.83. The lowest BCUT2D eigenvalue weighted by molar-refractivity contribution is 0.0828. The van der Waals surface area contributed by atoms with E-state index in [-0.39, 0.29) is 0 Å². The summed E-state index contributed by atoms with van der Waals surface area (Å²) in [5.41, 5.74) is 16.1. The second kappa shape index (κ2) is 7.89. The minimum atomic E-state index is 0.452. The Bertz CT molecular complexity index is 1010. The molecule has 158 valence electrons. The molecule has 0 amide bonds. The van der Waals surface area contributed by atoms with Crippen LogP contribution in [0.15, 0.2) is 36.8 Å². The maximum Gasteiger partial charge on any atom is 0.146 e. The molecule has 0 bridgehead atoms. The first-order chi connectivity index (χ1) is 14.6. The largest absolute Gasteiger partial charge is 0.399 e. The van der Waals surface area contributed by atoms with Crippen molar-refractivity contribution in [1.29, 1.82) is 0 Å². The maximum absolute atomic E-state index is 6.30. The van der Waals surface area contributed by atoms with Gasteiger partial charge < -0.3 is 20.9 Å². The monoisotopic (exact) mass is 405 g/mol. The first-order valence-electron chi connectivity index (χ1n) is 11.0.